The molecule has 5 nitrogen and oxygen atoms in total. The van der Waals surface area contributed by atoms with Gasteiger partial charge in [-0.3, -0.25) is 4.79 Å². The summed E-state index contributed by atoms with van der Waals surface area (Å²) in [5.41, 5.74) is 0.0559. The van der Waals surface area contributed by atoms with Crippen LogP contribution in [0.1, 0.15) is 16.8 Å². The van der Waals surface area contributed by atoms with Gasteiger partial charge in [-0.25, -0.2) is 4.39 Å². The first-order chi connectivity index (χ1) is 10.6. The van der Waals surface area contributed by atoms with Gasteiger partial charge in [-0.15, -0.1) is 0 Å². The number of carbonyl (C=O) groups excluding carboxylic acids is 1. The number of hydrogen-bond donors (Lipinski definition) is 1. The Morgan fingerprint density at radius 3 is 2.68 bits per heavy atom. The van der Waals surface area contributed by atoms with Gasteiger partial charge in [0.25, 0.3) is 5.91 Å². The van der Waals surface area contributed by atoms with Crippen molar-refractivity contribution in [1.82, 2.24) is 15.1 Å². The molecule has 1 heterocycles. The fourth-order valence-corrected chi connectivity index (χ4v) is 2.48. The Morgan fingerprint density at radius 2 is 2.05 bits per heavy atom. The predicted octanol–water partition coefficient (Wildman–Crippen LogP) is 1.20. The molecule has 0 aromatic heterocycles. The molecule has 0 bridgehead atoms. The molecule has 0 unspecified atom stereocenters. The number of halogens is 1. The number of rotatable bonds is 6. The van der Waals surface area contributed by atoms with E-state index in [4.69, 9.17) is 4.74 Å². The van der Waals surface area contributed by atoms with Gasteiger partial charge >= 0.3 is 0 Å². The summed E-state index contributed by atoms with van der Waals surface area (Å²) in [6.07, 6.45) is 0.868. The van der Waals surface area contributed by atoms with Crippen LogP contribution in [0.5, 0.6) is 5.75 Å². The molecule has 1 saturated heterocycles. The number of piperazine rings is 1. The van der Waals surface area contributed by atoms with Crippen molar-refractivity contribution in [3.8, 4) is 5.75 Å². The van der Waals surface area contributed by atoms with Crippen molar-refractivity contribution >= 4 is 5.91 Å². The Bertz CT molecular complexity index is 502. The normalized spacial score (nSPS) is 16.5. The van der Waals surface area contributed by atoms with Crippen LogP contribution in [-0.2, 0) is 0 Å². The summed E-state index contributed by atoms with van der Waals surface area (Å²) in [4.78, 5) is 16.6. The summed E-state index contributed by atoms with van der Waals surface area (Å²) in [7, 11) is 3.59. The molecule has 1 fully saturated rings. The molecule has 2 rings (SSSR count). The quantitative estimate of drug-likeness (QED) is 0.802. The molecular weight excluding hydrogens is 285 g/mol. The topological polar surface area (TPSA) is 44.8 Å². The van der Waals surface area contributed by atoms with E-state index >= 15 is 0 Å². The SMILES string of the molecule is COc1ccc(C(=O)NCCCN2CCN(C)CC2)c(F)c1. The highest BCUT2D eigenvalue weighted by Crippen LogP contribution is 2.16. The number of nitrogens with one attached hydrogen (secondary N) is 1. The second kappa shape index (κ2) is 8.10. The first-order valence-electron chi connectivity index (χ1n) is 7.63. The van der Waals surface area contributed by atoms with E-state index in [1.165, 1.54) is 19.2 Å². The fourth-order valence-electron chi connectivity index (χ4n) is 2.48. The number of amides is 1. The van der Waals surface area contributed by atoms with Crippen molar-refractivity contribution in [3.63, 3.8) is 0 Å². The lowest BCUT2D eigenvalue weighted by Crippen LogP contribution is -2.45. The summed E-state index contributed by atoms with van der Waals surface area (Å²) >= 11 is 0. The summed E-state index contributed by atoms with van der Waals surface area (Å²) in [5.74, 6) is -0.529. The van der Waals surface area contributed by atoms with E-state index in [0.29, 0.717) is 12.3 Å². The second-order valence-electron chi connectivity index (χ2n) is 5.60. The molecule has 0 atom stereocenters. The maximum Gasteiger partial charge on any atom is 0.254 e. The summed E-state index contributed by atoms with van der Waals surface area (Å²) in [6, 6.07) is 4.26. The van der Waals surface area contributed by atoms with Crippen molar-refractivity contribution in [1.29, 1.82) is 0 Å². The van der Waals surface area contributed by atoms with Gasteiger partial charge in [0.2, 0.25) is 0 Å². The molecule has 0 saturated carbocycles. The first-order valence-corrected chi connectivity index (χ1v) is 7.63. The largest absolute Gasteiger partial charge is 0.497 e. The van der Waals surface area contributed by atoms with Crippen LogP contribution in [0.3, 0.4) is 0 Å². The smallest absolute Gasteiger partial charge is 0.254 e. The van der Waals surface area contributed by atoms with E-state index in [2.05, 4.69) is 22.2 Å². The lowest BCUT2D eigenvalue weighted by molar-refractivity contribution is 0.0945. The van der Waals surface area contributed by atoms with E-state index < -0.39 is 5.82 Å². The summed E-state index contributed by atoms with van der Waals surface area (Å²) in [6.45, 7) is 5.82. The summed E-state index contributed by atoms with van der Waals surface area (Å²) < 4.78 is 18.7. The minimum atomic E-state index is -0.559. The van der Waals surface area contributed by atoms with Gasteiger partial charge in [-0.05, 0) is 32.1 Å². The molecule has 1 N–H and O–H groups in total. The zero-order valence-corrected chi connectivity index (χ0v) is 13.3. The minimum Gasteiger partial charge on any atom is -0.497 e. The lowest BCUT2D eigenvalue weighted by Gasteiger charge is -2.32. The van der Waals surface area contributed by atoms with Crippen LogP contribution in [-0.4, -0.2) is 69.1 Å². The van der Waals surface area contributed by atoms with Gasteiger partial charge in [0.05, 0.1) is 12.7 Å². The Labute approximate surface area is 131 Å². The van der Waals surface area contributed by atoms with E-state index in [-0.39, 0.29) is 11.5 Å². The highest BCUT2D eigenvalue weighted by atomic mass is 19.1. The van der Waals surface area contributed by atoms with Crippen molar-refractivity contribution < 1.29 is 13.9 Å². The fraction of sp³-hybridized carbons (Fsp3) is 0.562. The molecule has 0 spiro atoms. The summed E-state index contributed by atoms with van der Waals surface area (Å²) in [5, 5.41) is 2.77. The molecule has 22 heavy (non-hydrogen) atoms. The van der Waals surface area contributed by atoms with Crippen LogP contribution >= 0.6 is 0 Å². The molecule has 0 aliphatic carbocycles. The maximum atomic E-state index is 13.8. The molecule has 1 aliphatic heterocycles. The highest BCUT2D eigenvalue weighted by Gasteiger charge is 2.14. The number of methoxy groups -OCH3 is 1. The highest BCUT2D eigenvalue weighted by molar-refractivity contribution is 5.94. The van der Waals surface area contributed by atoms with E-state index in [1.807, 2.05) is 0 Å². The van der Waals surface area contributed by atoms with Gasteiger partial charge in [-0.2, -0.15) is 0 Å². The number of hydrogen-bond acceptors (Lipinski definition) is 4. The van der Waals surface area contributed by atoms with Gasteiger partial charge < -0.3 is 19.9 Å². The molecule has 1 aromatic rings. The maximum absolute atomic E-state index is 13.8. The van der Waals surface area contributed by atoms with Crippen LogP contribution in [0.15, 0.2) is 18.2 Å². The molecule has 122 valence electrons. The van der Waals surface area contributed by atoms with Gasteiger partial charge in [0, 0.05) is 38.8 Å². The van der Waals surface area contributed by atoms with E-state index in [0.717, 1.165) is 39.1 Å². The number of benzene rings is 1. The number of likely N-dealkylation sites (N-methyl/N-ethyl adjacent to an activating group) is 1. The molecular formula is C16H24FN3O2. The van der Waals surface area contributed by atoms with Crippen LogP contribution in [0, 0.1) is 5.82 Å². The Hall–Kier alpha value is -1.66. The third kappa shape index (κ3) is 4.68. The van der Waals surface area contributed by atoms with E-state index in [1.54, 1.807) is 6.07 Å². The number of ether oxygens (including phenoxy) is 1. The zero-order chi connectivity index (χ0) is 15.9. The predicted molar refractivity (Wildman–Crippen MR) is 83.8 cm³/mol. The van der Waals surface area contributed by atoms with Crippen LogP contribution in [0.2, 0.25) is 0 Å². The number of nitrogens with zero attached hydrogens (tertiary/aromatic N) is 2. The van der Waals surface area contributed by atoms with Gasteiger partial charge in [0.15, 0.2) is 0 Å². The van der Waals surface area contributed by atoms with Crippen molar-refractivity contribution in [2.75, 3.05) is 53.4 Å². The average molecular weight is 309 g/mol. The van der Waals surface area contributed by atoms with Gasteiger partial charge in [-0.1, -0.05) is 0 Å². The monoisotopic (exact) mass is 309 g/mol. The third-order valence-electron chi connectivity index (χ3n) is 3.95. The molecule has 0 radical (unpaired) electrons. The zero-order valence-electron chi connectivity index (χ0n) is 13.3. The average Bonchev–Trinajstić information content (AvgIpc) is 2.52. The first kappa shape index (κ1) is 16.7. The molecule has 1 amide bonds. The van der Waals surface area contributed by atoms with Crippen molar-refractivity contribution in [2.24, 2.45) is 0 Å². The van der Waals surface area contributed by atoms with Crippen LogP contribution in [0.25, 0.3) is 0 Å². The minimum absolute atomic E-state index is 0.0559. The Kier molecular flexibility index (Phi) is 6.15. The Balaban J connectivity index is 1.71. The molecule has 1 aromatic carbocycles. The third-order valence-corrected chi connectivity index (χ3v) is 3.95. The van der Waals surface area contributed by atoms with E-state index in [9.17, 15) is 9.18 Å². The van der Waals surface area contributed by atoms with Crippen molar-refractivity contribution in [3.05, 3.63) is 29.6 Å². The Morgan fingerprint density at radius 1 is 1.32 bits per heavy atom. The molecule has 6 heteroatoms. The number of carbonyl (C=O) groups is 1. The van der Waals surface area contributed by atoms with Crippen LogP contribution in [0.4, 0.5) is 4.39 Å². The standard InChI is InChI=1S/C16H24FN3O2/c1-19-8-10-20(11-9-19)7-3-6-18-16(21)14-5-4-13(22-2)12-15(14)17/h4-5,12H,3,6-11H2,1-2H3,(H,18,21). The molecule has 1 aliphatic rings. The lowest BCUT2D eigenvalue weighted by atomic mass is 10.2. The second-order valence-corrected chi connectivity index (χ2v) is 5.60. The van der Waals surface area contributed by atoms with Crippen molar-refractivity contribution in [2.45, 2.75) is 6.42 Å². The van der Waals surface area contributed by atoms with Gasteiger partial charge in [0.1, 0.15) is 11.6 Å². The van der Waals surface area contributed by atoms with Crippen LogP contribution < -0.4 is 10.1 Å².